The van der Waals surface area contributed by atoms with Crippen LogP contribution in [0, 0.1) is 16.7 Å². The molecule has 2 rings (SSSR count). The molecule has 0 aromatic rings. The summed E-state index contributed by atoms with van der Waals surface area (Å²) in [5.74, 6) is 0.807. The zero-order chi connectivity index (χ0) is 12.1. The monoisotopic (exact) mass is 241 g/mol. The number of rotatable bonds is 3. The molecule has 4 atom stereocenters. The van der Waals surface area contributed by atoms with Crippen LogP contribution in [-0.2, 0) is 4.74 Å². The van der Waals surface area contributed by atoms with Crippen LogP contribution >= 0.6 is 12.2 Å². The van der Waals surface area contributed by atoms with Gasteiger partial charge in [-0.15, -0.1) is 0 Å². The summed E-state index contributed by atoms with van der Waals surface area (Å²) < 4.78 is 6.08. The lowest BCUT2D eigenvalue weighted by Gasteiger charge is -2.39. The zero-order valence-electron chi connectivity index (χ0n) is 10.7. The summed E-state index contributed by atoms with van der Waals surface area (Å²) in [5, 5.41) is 0. The quantitative estimate of drug-likeness (QED) is 0.772. The molecule has 0 amide bonds. The zero-order valence-corrected chi connectivity index (χ0v) is 11.6. The number of hydrogen-bond acceptors (Lipinski definition) is 2. The molecule has 3 heteroatoms. The Kier molecular flexibility index (Phi) is 2.83. The van der Waals surface area contributed by atoms with Gasteiger partial charge in [0.2, 0.25) is 0 Å². The Morgan fingerprint density at radius 1 is 1.44 bits per heavy atom. The molecular formula is C13H23NOS. The maximum absolute atomic E-state index is 6.08. The van der Waals surface area contributed by atoms with E-state index in [4.69, 9.17) is 22.7 Å². The van der Waals surface area contributed by atoms with Crippen LogP contribution in [0.15, 0.2) is 0 Å². The molecule has 16 heavy (non-hydrogen) atoms. The normalized spacial score (nSPS) is 42.2. The van der Waals surface area contributed by atoms with E-state index in [1.165, 1.54) is 19.3 Å². The van der Waals surface area contributed by atoms with Crippen molar-refractivity contribution in [3.05, 3.63) is 0 Å². The summed E-state index contributed by atoms with van der Waals surface area (Å²) in [5.41, 5.74) is 6.33. The van der Waals surface area contributed by atoms with E-state index in [2.05, 4.69) is 20.8 Å². The smallest absolute Gasteiger partial charge is 0.105 e. The molecule has 0 aliphatic heterocycles. The number of hydrogen-bond donors (Lipinski definition) is 1. The van der Waals surface area contributed by atoms with Gasteiger partial charge in [-0.3, -0.25) is 0 Å². The first-order chi connectivity index (χ1) is 7.29. The third-order valence-electron chi connectivity index (χ3n) is 5.48. The highest BCUT2D eigenvalue weighted by Gasteiger charge is 2.62. The van der Waals surface area contributed by atoms with Gasteiger partial charge in [0.05, 0.1) is 6.10 Å². The average Bonchev–Trinajstić information content (AvgIpc) is 2.50. The molecule has 0 spiro atoms. The SMILES string of the molecule is CC(OC1CC2CCC1(C)C2(C)C)C(N)=S. The second-order valence-electron chi connectivity index (χ2n) is 6.28. The largest absolute Gasteiger partial charge is 0.391 e. The van der Waals surface area contributed by atoms with E-state index >= 15 is 0 Å². The molecule has 2 bridgehead atoms. The van der Waals surface area contributed by atoms with Gasteiger partial charge in [0.15, 0.2) is 0 Å². The second-order valence-corrected chi connectivity index (χ2v) is 6.75. The Morgan fingerprint density at radius 3 is 2.44 bits per heavy atom. The first-order valence-electron chi connectivity index (χ1n) is 6.24. The molecule has 2 fully saturated rings. The molecular weight excluding hydrogens is 218 g/mol. The van der Waals surface area contributed by atoms with Gasteiger partial charge in [-0.05, 0) is 42.9 Å². The van der Waals surface area contributed by atoms with Crippen LogP contribution in [0.3, 0.4) is 0 Å². The highest BCUT2D eigenvalue weighted by Crippen LogP contribution is 2.66. The van der Waals surface area contributed by atoms with Crippen LogP contribution in [0.5, 0.6) is 0 Å². The first kappa shape index (κ1) is 12.3. The molecule has 0 heterocycles. The molecule has 2 nitrogen and oxygen atoms in total. The van der Waals surface area contributed by atoms with Crippen molar-refractivity contribution >= 4 is 17.2 Å². The first-order valence-corrected chi connectivity index (χ1v) is 6.64. The van der Waals surface area contributed by atoms with E-state index in [0.29, 0.717) is 21.9 Å². The van der Waals surface area contributed by atoms with E-state index < -0.39 is 0 Å². The summed E-state index contributed by atoms with van der Waals surface area (Å²) in [7, 11) is 0. The van der Waals surface area contributed by atoms with Crippen LogP contribution in [0.25, 0.3) is 0 Å². The minimum absolute atomic E-state index is 0.0908. The number of fused-ring (bicyclic) bond motifs is 2. The van der Waals surface area contributed by atoms with Gasteiger partial charge in [0.25, 0.3) is 0 Å². The maximum Gasteiger partial charge on any atom is 0.105 e. The Hall–Kier alpha value is -0.150. The van der Waals surface area contributed by atoms with Crippen molar-refractivity contribution in [3.8, 4) is 0 Å². The van der Waals surface area contributed by atoms with E-state index in [1.807, 2.05) is 6.92 Å². The van der Waals surface area contributed by atoms with Crippen molar-refractivity contribution in [2.45, 2.75) is 59.2 Å². The molecule has 0 aromatic carbocycles. The Morgan fingerprint density at radius 2 is 2.06 bits per heavy atom. The summed E-state index contributed by atoms with van der Waals surface area (Å²) in [6.07, 6.45) is 4.05. The molecule has 2 N–H and O–H groups in total. The molecule has 2 saturated carbocycles. The van der Waals surface area contributed by atoms with Crippen molar-refractivity contribution < 1.29 is 4.74 Å². The van der Waals surface area contributed by atoms with Gasteiger partial charge in [0.1, 0.15) is 11.1 Å². The van der Waals surface area contributed by atoms with Gasteiger partial charge in [-0.25, -0.2) is 0 Å². The molecule has 2 aliphatic rings. The average molecular weight is 241 g/mol. The van der Waals surface area contributed by atoms with E-state index in [1.54, 1.807) is 0 Å². The van der Waals surface area contributed by atoms with Crippen LogP contribution in [-0.4, -0.2) is 17.2 Å². The fourth-order valence-electron chi connectivity index (χ4n) is 3.65. The van der Waals surface area contributed by atoms with Crippen molar-refractivity contribution in [1.29, 1.82) is 0 Å². The van der Waals surface area contributed by atoms with Gasteiger partial charge >= 0.3 is 0 Å². The van der Waals surface area contributed by atoms with Crippen molar-refractivity contribution in [1.82, 2.24) is 0 Å². The molecule has 92 valence electrons. The lowest BCUT2D eigenvalue weighted by atomic mass is 9.70. The van der Waals surface area contributed by atoms with Crippen LogP contribution in [0.2, 0.25) is 0 Å². The van der Waals surface area contributed by atoms with Crippen molar-refractivity contribution in [2.24, 2.45) is 22.5 Å². The highest BCUT2D eigenvalue weighted by molar-refractivity contribution is 7.80. The third kappa shape index (κ3) is 1.52. The lowest BCUT2D eigenvalue weighted by Crippen LogP contribution is -2.41. The topological polar surface area (TPSA) is 35.2 Å². The fourth-order valence-corrected chi connectivity index (χ4v) is 3.71. The number of nitrogens with two attached hydrogens (primary N) is 1. The molecule has 0 radical (unpaired) electrons. The molecule has 0 saturated heterocycles. The summed E-state index contributed by atoms with van der Waals surface area (Å²) in [6, 6.07) is 0. The summed E-state index contributed by atoms with van der Waals surface area (Å²) in [4.78, 5) is 0.476. The summed E-state index contributed by atoms with van der Waals surface area (Å²) >= 11 is 4.99. The van der Waals surface area contributed by atoms with E-state index in [-0.39, 0.29) is 6.10 Å². The summed E-state index contributed by atoms with van der Waals surface area (Å²) in [6.45, 7) is 9.11. The second kappa shape index (κ2) is 3.67. The van der Waals surface area contributed by atoms with E-state index in [0.717, 1.165) is 5.92 Å². The maximum atomic E-state index is 6.08. The van der Waals surface area contributed by atoms with Crippen LogP contribution < -0.4 is 5.73 Å². The fraction of sp³-hybridized carbons (Fsp3) is 0.923. The molecule has 2 aliphatic carbocycles. The lowest BCUT2D eigenvalue weighted by molar-refractivity contribution is -0.0588. The minimum atomic E-state index is -0.0908. The predicted octanol–water partition coefficient (Wildman–Crippen LogP) is 2.89. The molecule has 4 unspecified atom stereocenters. The van der Waals surface area contributed by atoms with Crippen LogP contribution in [0.1, 0.15) is 47.0 Å². The third-order valence-corrected chi connectivity index (χ3v) is 5.81. The number of ether oxygens (including phenoxy) is 1. The predicted molar refractivity (Wildman–Crippen MR) is 70.3 cm³/mol. The van der Waals surface area contributed by atoms with Crippen molar-refractivity contribution in [2.75, 3.05) is 0 Å². The van der Waals surface area contributed by atoms with Crippen LogP contribution in [0.4, 0.5) is 0 Å². The standard InChI is InChI=1S/C13H23NOS/c1-8(11(14)16)15-10-7-9-5-6-13(10,4)12(9,2)3/h8-10H,5-7H2,1-4H3,(H2,14,16). The Labute approximate surface area is 104 Å². The molecule has 0 aromatic heterocycles. The van der Waals surface area contributed by atoms with E-state index in [9.17, 15) is 0 Å². The minimum Gasteiger partial charge on any atom is -0.391 e. The van der Waals surface area contributed by atoms with Gasteiger partial charge in [-0.1, -0.05) is 33.0 Å². The number of thiocarbonyl (C=S) groups is 1. The highest BCUT2D eigenvalue weighted by atomic mass is 32.1. The van der Waals surface area contributed by atoms with Gasteiger partial charge in [-0.2, -0.15) is 0 Å². The Balaban J connectivity index is 2.13. The Bertz CT molecular complexity index is 315. The van der Waals surface area contributed by atoms with Gasteiger partial charge < -0.3 is 10.5 Å². The van der Waals surface area contributed by atoms with Crippen molar-refractivity contribution in [3.63, 3.8) is 0 Å². The van der Waals surface area contributed by atoms with Gasteiger partial charge in [0, 0.05) is 0 Å².